The fourth-order valence-corrected chi connectivity index (χ4v) is 2.90. The van der Waals surface area contributed by atoms with E-state index >= 15 is 0 Å². The molecule has 0 saturated heterocycles. The molecule has 0 N–H and O–H groups in total. The standard InChI is InChI=1S/C14H20N4O2S/c1-7(2)10-15-11-9(12(16-10)21-8(3)4)13(19)18(6)14(20)17(11)5/h7-8H,1-6H3. The molecule has 0 aliphatic rings. The average Bonchev–Trinajstić information content (AvgIpc) is 2.41. The van der Waals surface area contributed by atoms with E-state index in [2.05, 4.69) is 9.97 Å². The van der Waals surface area contributed by atoms with E-state index in [1.54, 1.807) is 7.05 Å². The largest absolute Gasteiger partial charge is 0.332 e. The number of hydrogen-bond donors (Lipinski definition) is 0. The number of thioether (sulfide) groups is 1. The summed E-state index contributed by atoms with van der Waals surface area (Å²) < 4.78 is 2.51. The zero-order chi connectivity index (χ0) is 15.9. The molecular weight excluding hydrogens is 288 g/mol. The van der Waals surface area contributed by atoms with Crippen molar-refractivity contribution in [3.05, 3.63) is 26.7 Å². The molecule has 0 fully saturated rings. The Balaban J connectivity index is 2.98. The second-order valence-electron chi connectivity index (χ2n) is 5.61. The molecule has 2 aromatic heterocycles. The number of nitrogens with zero attached hydrogens (tertiary/aromatic N) is 4. The molecule has 114 valence electrons. The molecule has 21 heavy (non-hydrogen) atoms. The molecule has 2 aromatic rings. The number of aromatic nitrogens is 4. The summed E-state index contributed by atoms with van der Waals surface area (Å²) in [6.45, 7) is 8.06. The Morgan fingerprint density at radius 2 is 1.62 bits per heavy atom. The minimum absolute atomic E-state index is 0.125. The van der Waals surface area contributed by atoms with Gasteiger partial charge >= 0.3 is 5.69 Å². The fourth-order valence-electron chi connectivity index (χ4n) is 2.01. The van der Waals surface area contributed by atoms with E-state index in [0.29, 0.717) is 21.9 Å². The van der Waals surface area contributed by atoms with E-state index in [0.717, 1.165) is 4.57 Å². The second kappa shape index (κ2) is 5.63. The summed E-state index contributed by atoms with van der Waals surface area (Å²) in [5, 5.41) is 1.35. The van der Waals surface area contributed by atoms with Gasteiger partial charge in [0.1, 0.15) is 16.2 Å². The van der Waals surface area contributed by atoms with Gasteiger partial charge in [0.2, 0.25) is 0 Å². The van der Waals surface area contributed by atoms with Crippen LogP contribution < -0.4 is 11.2 Å². The molecule has 2 rings (SSSR count). The van der Waals surface area contributed by atoms with Gasteiger partial charge in [0.25, 0.3) is 5.56 Å². The highest BCUT2D eigenvalue weighted by molar-refractivity contribution is 8.00. The van der Waals surface area contributed by atoms with Gasteiger partial charge in [-0.3, -0.25) is 13.9 Å². The van der Waals surface area contributed by atoms with Crippen LogP contribution >= 0.6 is 11.8 Å². The van der Waals surface area contributed by atoms with Gasteiger partial charge in [0, 0.05) is 25.3 Å². The molecule has 0 amide bonds. The van der Waals surface area contributed by atoms with Crippen molar-refractivity contribution in [2.75, 3.05) is 0 Å². The summed E-state index contributed by atoms with van der Waals surface area (Å²) in [7, 11) is 3.11. The topological polar surface area (TPSA) is 69.8 Å². The zero-order valence-corrected chi connectivity index (χ0v) is 14.0. The summed E-state index contributed by atoms with van der Waals surface area (Å²) in [5.41, 5.74) is -0.307. The Hall–Kier alpha value is -1.63. The van der Waals surface area contributed by atoms with Crippen LogP contribution in [-0.2, 0) is 14.1 Å². The Labute approximate surface area is 127 Å². The van der Waals surface area contributed by atoms with Crippen molar-refractivity contribution in [1.29, 1.82) is 0 Å². The van der Waals surface area contributed by atoms with Crippen LogP contribution in [0.3, 0.4) is 0 Å². The third-order valence-electron chi connectivity index (χ3n) is 3.15. The minimum atomic E-state index is -0.374. The lowest BCUT2D eigenvalue weighted by molar-refractivity contribution is 0.689. The number of rotatable bonds is 3. The molecule has 2 heterocycles. The number of hydrogen-bond acceptors (Lipinski definition) is 5. The monoisotopic (exact) mass is 308 g/mol. The molecule has 0 atom stereocenters. The van der Waals surface area contributed by atoms with E-state index in [-0.39, 0.29) is 22.4 Å². The van der Waals surface area contributed by atoms with Crippen LogP contribution in [-0.4, -0.2) is 24.4 Å². The predicted molar refractivity (Wildman–Crippen MR) is 85.1 cm³/mol. The summed E-state index contributed by atoms with van der Waals surface area (Å²) in [6, 6.07) is 0. The highest BCUT2D eigenvalue weighted by Crippen LogP contribution is 2.27. The van der Waals surface area contributed by atoms with Gasteiger partial charge in [-0.2, -0.15) is 0 Å². The van der Waals surface area contributed by atoms with Crippen molar-refractivity contribution in [3.63, 3.8) is 0 Å². The van der Waals surface area contributed by atoms with Gasteiger partial charge < -0.3 is 0 Å². The van der Waals surface area contributed by atoms with Crippen molar-refractivity contribution in [1.82, 2.24) is 19.1 Å². The molecule has 0 aliphatic carbocycles. The minimum Gasteiger partial charge on any atom is -0.280 e. The Kier molecular flexibility index (Phi) is 4.22. The molecule has 0 aromatic carbocycles. The van der Waals surface area contributed by atoms with E-state index in [1.807, 2.05) is 27.7 Å². The second-order valence-corrected chi connectivity index (χ2v) is 7.18. The predicted octanol–water partition coefficient (Wildman–Crippen LogP) is 1.65. The fraction of sp³-hybridized carbons (Fsp3) is 0.571. The maximum Gasteiger partial charge on any atom is 0.332 e. The number of aryl methyl sites for hydroxylation is 1. The van der Waals surface area contributed by atoms with Gasteiger partial charge in [0.05, 0.1) is 0 Å². The van der Waals surface area contributed by atoms with Gasteiger partial charge in [-0.25, -0.2) is 14.8 Å². The number of fused-ring (bicyclic) bond motifs is 1. The smallest absolute Gasteiger partial charge is 0.280 e. The first-order valence-corrected chi connectivity index (χ1v) is 7.76. The normalized spacial score (nSPS) is 11.8. The first kappa shape index (κ1) is 15.8. The van der Waals surface area contributed by atoms with Crippen molar-refractivity contribution < 1.29 is 0 Å². The molecular formula is C14H20N4O2S. The summed E-state index contributed by atoms with van der Waals surface area (Å²) in [5.74, 6) is 0.772. The maximum absolute atomic E-state index is 12.4. The Morgan fingerprint density at radius 1 is 1.00 bits per heavy atom. The van der Waals surface area contributed by atoms with E-state index < -0.39 is 0 Å². The molecule has 0 aliphatic heterocycles. The highest BCUT2D eigenvalue weighted by atomic mass is 32.2. The lowest BCUT2D eigenvalue weighted by atomic mass is 10.2. The Bertz CT molecular complexity index is 805. The summed E-state index contributed by atoms with van der Waals surface area (Å²) in [6.07, 6.45) is 0. The zero-order valence-electron chi connectivity index (χ0n) is 13.2. The first-order chi connectivity index (χ1) is 9.73. The van der Waals surface area contributed by atoms with E-state index in [9.17, 15) is 9.59 Å². The van der Waals surface area contributed by atoms with Gasteiger partial charge in [-0.1, -0.05) is 27.7 Å². The molecule has 7 heteroatoms. The first-order valence-electron chi connectivity index (χ1n) is 6.88. The van der Waals surface area contributed by atoms with Crippen LogP contribution in [0.2, 0.25) is 0 Å². The SMILES string of the molecule is CC(C)Sc1nc(C(C)C)nc2c1c(=O)n(C)c(=O)n2C. The summed E-state index contributed by atoms with van der Waals surface area (Å²) in [4.78, 5) is 33.5. The summed E-state index contributed by atoms with van der Waals surface area (Å²) >= 11 is 1.52. The molecule has 6 nitrogen and oxygen atoms in total. The van der Waals surface area contributed by atoms with Crippen molar-refractivity contribution >= 4 is 22.8 Å². The molecule has 0 spiro atoms. The lowest BCUT2D eigenvalue weighted by Gasteiger charge is -2.14. The third-order valence-corrected chi connectivity index (χ3v) is 4.14. The molecule has 0 saturated carbocycles. The highest BCUT2D eigenvalue weighted by Gasteiger charge is 2.19. The maximum atomic E-state index is 12.4. The van der Waals surface area contributed by atoms with Crippen molar-refractivity contribution in [3.8, 4) is 0 Å². The quantitative estimate of drug-likeness (QED) is 0.637. The van der Waals surface area contributed by atoms with Gasteiger partial charge in [-0.05, 0) is 0 Å². The van der Waals surface area contributed by atoms with Crippen LogP contribution in [0.5, 0.6) is 0 Å². The lowest BCUT2D eigenvalue weighted by Crippen LogP contribution is -2.38. The van der Waals surface area contributed by atoms with Crippen LogP contribution in [0.4, 0.5) is 0 Å². The van der Waals surface area contributed by atoms with Crippen LogP contribution in [0.15, 0.2) is 14.6 Å². The van der Waals surface area contributed by atoms with Crippen LogP contribution in [0.25, 0.3) is 11.0 Å². The Morgan fingerprint density at radius 3 is 2.14 bits per heavy atom. The van der Waals surface area contributed by atoms with Gasteiger partial charge in [0.15, 0.2) is 5.65 Å². The van der Waals surface area contributed by atoms with E-state index in [1.165, 1.54) is 23.4 Å². The van der Waals surface area contributed by atoms with Crippen LogP contribution in [0, 0.1) is 0 Å². The average molecular weight is 308 g/mol. The molecule has 0 unspecified atom stereocenters. The van der Waals surface area contributed by atoms with Gasteiger partial charge in [-0.15, -0.1) is 11.8 Å². The molecule has 0 bridgehead atoms. The third kappa shape index (κ3) is 2.74. The van der Waals surface area contributed by atoms with Crippen molar-refractivity contribution in [2.24, 2.45) is 14.1 Å². The van der Waals surface area contributed by atoms with Crippen molar-refractivity contribution in [2.45, 2.75) is 43.9 Å². The van der Waals surface area contributed by atoms with E-state index in [4.69, 9.17) is 0 Å². The van der Waals surface area contributed by atoms with Crippen LogP contribution in [0.1, 0.15) is 39.4 Å². The molecule has 0 radical (unpaired) electrons.